The summed E-state index contributed by atoms with van der Waals surface area (Å²) in [4.78, 5) is 11.4. The molecule has 0 bridgehead atoms. The van der Waals surface area contributed by atoms with Crippen LogP contribution in [0.2, 0.25) is 0 Å². The molecule has 0 fully saturated rings. The van der Waals surface area contributed by atoms with E-state index in [9.17, 15) is 9.18 Å². The molecular weight excluding hydrogens is 201 g/mol. The fraction of sp³-hybridized carbons (Fsp3) is 0.667. The van der Waals surface area contributed by atoms with Crippen LogP contribution in [0, 0.1) is 22.7 Å². The SMILES string of the molecule is CNC(=O)C(/C(F)=N/O)C(C)(C)CC#N. The number of rotatable bonds is 4. The molecule has 1 unspecified atom stereocenters. The van der Waals surface area contributed by atoms with Gasteiger partial charge in [-0.05, 0) is 5.41 Å². The third kappa shape index (κ3) is 3.20. The van der Waals surface area contributed by atoms with Gasteiger partial charge in [0, 0.05) is 13.5 Å². The molecule has 5 nitrogen and oxygen atoms in total. The minimum absolute atomic E-state index is 0.0198. The average Bonchev–Trinajstić information content (AvgIpc) is 2.16. The number of nitriles is 1. The molecule has 0 aliphatic carbocycles. The molecule has 0 spiro atoms. The number of nitrogens with zero attached hydrogens (tertiary/aromatic N) is 2. The van der Waals surface area contributed by atoms with E-state index in [0.29, 0.717) is 0 Å². The summed E-state index contributed by atoms with van der Waals surface area (Å²) in [6, 6.07) is 1.86. The van der Waals surface area contributed by atoms with Crippen LogP contribution in [0.15, 0.2) is 5.16 Å². The Kier molecular flexibility index (Phi) is 4.71. The van der Waals surface area contributed by atoms with E-state index >= 15 is 0 Å². The Morgan fingerprint density at radius 3 is 2.60 bits per heavy atom. The van der Waals surface area contributed by atoms with Gasteiger partial charge in [0.1, 0.15) is 5.92 Å². The van der Waals surface area contributed by atoms with Crippen LogP contribution in [-0.4, -0.2) is 24.1 Å². The normalized spacial score (nSPS) is 14.2. The maximum absolute atomic E-state index is 13.2. The zero-order valence-corrected chi connectivity index (χ0v) is 8.91. The number of halogens is 1. The van der Waals surface area contributed by atoms with E-state index < -0.39 is 23.2 Å². The third-order valence-electron chi connectivity index (χ3n) is 2.16. The van der Waals surface area contributed by atoms with Crippen molar-refractivity contribution >= 4 is 11.9 Å². The predicted octanol–water partition coefficient (Wildman–Crippen LogP) is 1.05. The van der Waals surface area contributed by atoms with Crippen molar-refractivity contribution in [2.75, 3.05) is 7.05 Å². The van der Waals surface area contributed by atoms with E-state index in [1.54, 1.807) is 13.8 Å². The second-order valence-electron chi connectivity index (χ2n) is 3.79. The second-order valence-corrected chi connectivity index (χ2v) is 3.79. The van der Waals surface area contributed by atoms with Crippen LogP contribution in [0.4, 0.5) is 4.39 Å². The van der Waals surface area contributed by atoms with Gasteiger partial charge >= 0.3 is 0 Å². The van der Waals surface area contributed by atoms with Crippen molar-refractivity contribution in [1.82, 2.24) is 5.32 Å². The Hall–Kier alpha value is -1.64. The third-order valence-corrected chi connectivity index (χ3v) is 2.16. The molecule has 6 heteroatoms. The van der Waals surface area contributed by atoms with Crippen molar-refractivity contribution in [3.8, 4) is 6.07 Å². The van der Waals surface area contributed by atoms with Gasteiger partial charge < -0.3 is 10.5 Å². The molecule has 15 heavy (non-hydrogen) atoms. The Morgan fingerprint density at radius 2 is 2.27 bits per heavy atom. The van der Waals surface area contributed by atoms with Crippen molar-refractivity contribution in [3.05, 3.63) is 0 Å². The molecule has 2 N–H and O–H groups in total. The monoisotopic (exact) mass is 215 g/mol. The summed E-state index contributed by atoms with van der Waals surface area (Å²) in [7, 11) is 1.35. The Morgan fingerprint density at radius 1 is 1.73 bits per heavy atom. The molecule has 0 saturated carbocycles. The highest BCUT2D eigenvalue weighted by molar-refractivity contribution is 6.00. The molecule has 0 heterocycles. The average molecular weight is 215 g/mol. The Bertz CT molecular complexity index is 307. The molecule has 0 aromatic carbocycles. The summed E-state index contributed by atoms with van der Waals surface area (Å²) in [6.07, 6.45) is -0.0198. The van der Waals surface area contributed by atoms with Gasteiger partial charge in [0.25, 0.3) is 0 Å². The van der Waals surface area contributed by atoms with Crippen LogP contribution in [0.3, 0.4) is 0 Å². The van der Waals surface area contributed by atoms with Crippen molar-refractivity contribution in [2.24, 2.45) is 16.5 Å². The maximum Gasteiger partial charge on any atom is 0.239 e. The summed E-state index contributed by atoms with van der Waals surface area (Å²) >= 11 is 0. The van der Waals surface area contributed by atoms with Gasteiger partial charge in [-0.1, -0.05) is 19.0 Å². The van der Waals surface area contributed by atoms with Crippen molar-refractivity contribution in [1.29, 1.82) is 5.26 Å². The lowest BCUT2D eigenvalue weighted by Crippen LogP contribution is -2.41. The fourth-order valence-corrected chi connectivity index (χ4v) is 1.29. The summed E-state index contributed by atoms with van der Waals surface area (Å²) in [5.74, 6) is -3.06. The highest BCUT2D eigenvalue weighted by Gasteiger charge is 2.39. The molecular formula is C9H14FN3O2. The number of carbonyl (C=O) groups excluding carboxylic acids is 1. The van der Waals surface area contributed by atoms with Gasteiger partial charge in [-0.2, -0.15) is 9.65 Å². The number of carbonyl (C=O) groups is 1. The van der Waals surface area contributed by atoms with Gasteiger partial charge in [0.05, 0.1) is 6.07 Å². The minimum atomic E-state index is -1.26. The van der Waals surface area contributed by atoms with Gasteiger partial charge in [0.15, 0.2) is 0 Å². The highest BCUT2D eigenvalue weighted by atomic mass is 19.1. The topological polar surface area (TPSA) is 85.5 Å². The molecule has 1 amide bonds. The van der Waals surface area contributed by atoms with E-state index in [-0.39, 0.29) is 6.42 Å². The zero-order chi connectivity index (χ0) is 12.1. The first-order valence-electron chi connectivity index (χ1n) is 4.36. The van der Waals surface area contributed by atoms with E-state index in [2.05, 4.69) is 10.5 Å². The molecule has 0 aromatic rings. The van der Waals surface area contributed by atoms with Crippen LogP contribution in [0.5, 0.6) is 0 Å². The molecule has 84 valence electrons. The van der Waals surface area contributed by atoms with Gasteiger partial charge in [-0.15, -0.1) is 0 Å². The predicted molar refractivity (Wildman–Crippen MR) is 51.9 cm³/mol. The summed E-state index contributed by atoms with van der Waals surface area (Å²) in [5.41, 5.74) is -0.925. The smallest absolute Gasteiger partial charge is 0.239 e. The first kappa shape index (κ1) is 13.4. The van der Waals surface area contributed by atoms with E-state index in [4.69, 9.17) is 10.5 Å². The van der Waals surface area contributed by atoms with E-state index in [0.717, 1.165) is 0 Å². The first-order chi connectivity index (χ1) is 6.90. The van der Waals surface area contributed by atoms with Crippen molar-refractivity contribution in [3.63, 3.8) is 0 Å². The lowest BCUT2D eigenvalue weighted by molar-refractivity contribution is -0.125. The second kappa shape index (κ2) is 5.29. The van der Waals surface area contributed by atoms with Gasteiger partial charge in [0.2, 0.25) is 11.9 Å². The maximum atomic E-state index is 13.2. The molecule has 1 atom stereocenters. The zero-order valence-electron chi connectivity index (χ0n) is 8.91. The number of nitrogens with one attached hydrogen (secondary N) is 1. The summed E-state index contributed by atoms with van der Waals surface area (Å²) in [6.45, 7) is 3.11. The number of hydrogen-bond donors (Lipinski definition) is 2. The van der Waals surface area contributed by atoms with Crippen LogP contribution >= 0.6 is 0 Å². The number of oxime groups is 1. The van der Waals surface area contributed by atoms with Gasteiger partial charge in [-0.25, -0.2) is 0 Å². The lowest BCUT2D eigenvalue weighted by atomic mass is 9.76. The first-order valence-corrected chi connectivity index (χ1v) is 4.36. The summed E-state index contributed by atoms with van der Waals surface area (Å²) in [5, 5.41) is 21.5. The molecule has 0 aliphatic heterocycles. The Labute approximate surface area is 87.6 Å². The van der Waals surface area contributed by atoms with Crippen LogP contribution in [0.1, 0.15) is 20.3 Å². The van der Waals surface area contributed by atoms with Crippen LogP contribution < -0.4 is 5.32 Å². The fourth-order valence-electron chi connectivity index (χ4n) is 1.29. The lowest BCUT2D eigenvalue weighted by Gasteiger charge is -2.28. The van der Waals surface area contributed by atoms with Crippen LogP contribution in [-0.2, 0) is 4.79 Å². The standard InChI is InChI=1S/C9H14FN3O2/c1-9(2,4-5-11)6(7(10)13-15)8(14)12-3/h6,15H,4H2,1-3H3,(H,12,14)/b13-7-. The molecule has 0 saturated heterocycles. The summed E-state index contributed by atoms with van der Waals surface area (Å²) < 4.78 is 13.2. The van der Waals surface area contributed by atoms with Crippen molar-refractivity contribution < 1.29 is 14.4 Å². The molecule has 0 rings (SSSR count). The number of amides is 1. The van der Waals surface area contributed by atoms with E-state index in [1.165, 1.54) is 7.05 Å². The quantitative estimate of drug-likeness (QED) is 0.417. The highest BCUT2D eigenvalue weighted by Crippen LogP contribution is 2.32. The molecule has 0 aromatic heterocycles. The Balaban J connectivity index is 5.12. The van der Waals surface area contributed by atoms with Crippen LogP contribution in [0.25, 0.3) is 0 Å². The molecule has 0 radical (unpaired) electrons. The number of hydrogen-bond acceptors (Lipinski definition) is 4. The largest absolute Gasteiger partial charge is 0.409 e. The van der Waals surface area contributed by atoms with E-state index in [1.807, 2.05) is 6.07 Å². The van der Waals surface area contributed by atoms with Crippen molar-refractivity contribution in [2.45, 2.75) is 20.3 Å². The minimum Gasteiger partial charge on any atom is -0.409 e. The van der Waals surface area contributed by atoms with Gasteiger partial charge in [-0.3, -0.25) is 4.79 Å². The molecule has 0 aliphatic rings.